The molecule has 0 aliphatic carbocycles. The summed E-state index contributed by atoms with van der Waals surface area (Å²) < 4.78 is 0. The molecule has 1 aromatic heterocycles. The van der Waals surface area contributed by atoms with Crippen LogP contribution in [0.15, 0.2) is 54.6 Å². The number of aryl methyl sites for hydroxylation is 2. The van der Waals surface area contributed by atoms with Crippen LogP contribution in [0.2, 0.25) is 0 Å². The highest BCUT2D eigenvalue weighted by molar-refractivity contribution is 5.61. The summed E-state index contributed by atoms with van der Waals surface area (Å²) in [5.74, 6) is 1.44. The highest BCUT2D eigenvalue weighted by Crippen LogP contribution is 2.24. The molecule has 2 aromatic carbocycles. The first kappa shape index (κ1) is 18.3. The van der Waals surface area contributed by atoms with E-state index in [-0.39, 0.29) is 0 Å². The fourth-order valence-electron chi connectivity index (χ4n) is 3.57. The Morgan fingerprint density at radius 2 is 1.68 bits per heavy atom. The topological polar surface area (TPSA) is 53.1 Å². The number of anilines is 4. The molecular formula is C23H27N5. The molecule has 5 heteroatoms. The average molecular weight is 374 g/mol. The van der Waals surface area contributed by atoms with Gasteiger partial charge in [0.1, 0.15) is 5.82 Å². The van der Waals surface area contributed by atoms with E-state index in [1.807, 2.05) is 13.0 Å². The number of hydrogen-bond acceptors (Lipinski definition) is 5. The van der Waals surface area contributed by atoms with E-state index in [0.29, 0.717) is 12.5 Å². The fourth-order valence-corrected chi connectivity index (χ4v) is 3.57. The Kier molecular flexibility index (Phi) is 5.42. The highest BCUT2D eigenvalue weighted by atomic mass is 15.2. The van der Waals surface area contributed by atoms with Crippen LogP contribution in [0.25, 0.3) is 0 Å². The second-order valence-corrected chi connectivity index (χ2v) is 7.36. The molecule has 1 aliphatic heterocycles. The summed E-state index contributed by atoms with van der Waals surface area (Å²) in [4.78, 5) is 11.6. The molecule has 144 valence electrons. The minimum atomic E-state index is 0.638. The maximum Gasteiger partial charge on any atom is 0.225 e. The minimum Gasteiger partial charge on any atom is -0.372 e. The number of benzene rings is 2. The first-order chi connectivity index (χ1) is 13.7. The smallest absolute Gasteiger partial charge is 0.225 e. The molecule has 0 bridgehead atoms. The maximum atomic E-state index is 4.63. The van der Waals surface area contributed by atoms with Gasteiger partial charge in [-0.2, -0.15) is 4.98 Å². The zero-order valence-corrected chi connectivity index (χ0v) is 16.6. The van der Waals surface area contributed by atoms with Crippen molar-refractivity contribution in [3.05, 3.63) is 71.4 Å². The molecule has 2 heterocycles. The summed E-state index contributed by atoms with van der Waals surface area (Å²) in [6.07, 6.45) is 2.58. The van der Waals surface area contributed by atoms with E-state index < -0.39 is 0 Å². The van der Waals surface area contributed by atoms with Crippen molar-refractivity contribution in [1.82, 2.24) is 9.97 Å². The zero-order chi connectivity index (χ0) is 19.3. The maximum absolute atomic E-state index is 4.63. The van der Waals surface area contributed by atoms with Crippen molar-refractivity contribution in [3.8, 4) is 0 Å². The van der Waals surface area contributed by atoms with Crippen LogP contribution in [0.4, 0.5) is 23.1 Å². The third-order valence-corrected chi connectivity index (χ3v) is 5.16. The van der Waals surface area contributed by atoms with Gasteiger partial charge in [0.2, 0.25) is 5.95 Å². The molecule has 3 aromatic rings. The van der Waals surface area contributed by atoms with Gasteiger partial charge in [0.05, 0.1) is 0 Å². The van der Waals surface area contributed by atoms with Gasteiger partial charge >= 0.3 is 0 Å². The van der Waals surface area contributed by atoms with Crippen molar-refractivity contribution in [2.45, 2.75) is 33.2 Å². The van der Waals surface area contributed by atoms with Gasteiger partial charge in [-0.15, -0.1) is 0 Å². The summed E-state index contributed by atoms with van der Waals surface area (Å²) in [7, 11) is 0. The van der Waals surface area contributed by atoms with Gasteiger partial charge in [0.15, 0.2) is 0 Å². The molecule has 0 unspecified atom stereocenters. The van der Waals surface area contributed by atoms with Crippen LogP contribution in [0.5, 0.6) is 0 Å². The van der Waals surface area contributed by atoms with Crippen molar-refractivity contribution in [2.75, 3.05) is 28.6 Å². The second-order valence-electron chi connectivity index (χ2n) is 7.36. The van der Waals surface area contributed by atoms with Crippen molar-refractivity contribution < 1.29 is 0 Å². The molecule has 1 fully saturated rings. The number of nitrogens with one attached hydrogen (secondary N) is 2. The van der Waals surface area contributed by atoms with Gasteiger partial charge in [0, 0.05) is 42.8 Å². The Balaban J connectivity index is 1.44. The van der Waals surface area contributed by atoms with Crippen LogP contribution in [0, 0.1) is 13.8 Å². The lowest BCUT2D eigenvalue weighted by molar-refractivity contribution is 0.949. The molecule has 28 heavy (non-hydrogen) atoms. The Morgan fingerprint density at radius 3 is 2.43 bits per heavy atom. The van der Waals surface area contributed by atoms with E-state index in [0.717, 1.165) is 30.3 Å². The van der Waals surface area contributed by atoms with Crippen molar-refractivity contribution in [3.63, 3.8) is 0 Å². The predicted molar refractivity (Wildman–Crippen MR) is 116 cm³/mol. The molecule has 0 spiro atoms. The van der Waals surface area contributed by atoms with E-state index >= 15 is 0 Å². The first-order valence-electron chi connectivity index (χ1n) is 9.93. The van der Waals surface area contributed by atoms with Crippen LogP contribution >= 0.6 is 0 Å². The third-order valence-electron chi connectivity index (χ3n) is 5.16. The van der Waals surface area contributed by atoms with Gasteiger partial charge in [-0.1, -0.05) is 24.3 Å². The van der Waals surface area contributed by atoms with Crippen LogP contribution in [-0.4, -0.2) is 23.1 Å². The first-order valence-corrected chi connectivity index (χ1v) is 9.93. The third kappa shape index (κ3) is 4.42. The van der Waals surface area contributed by atoms with Gasteiger partial charge < -0.3 is 15.5 Å². The molecule has 0 radical (unpaired) electrons. The van der Waals surface area contributed by atoms with Gasteiger partial charge in [-0.05, 0) is 62.1 Å². The molecule has 1 aliphatic rings. The summed E-state index contributed by atoms with van der Waals surface area (Å²) in [6.45, 7) is 7.14. The van der Waals surface area contributed by atoms with E-state index in [2.05, 4.69) is 81.0 Å². The van der Waals surface area contributed by atoms with Crippen LogP contribution in [0.1, 0.15) is 29.7 Å². The normalized spacial score (nSPS) is 13.6. The minimum absolute atomic E-state index is 0.638. The molecule has 0 saturated carbocycles. The Morgan fingerprint density at radius 1 is 0.929 bits per heavy atom. The van der Waals surface area contributed by atoms with Crippen molar-refractivity contribution in [1.29, 1.82) is 0 Å². The van der Waals surface area contributed by atoms with Crippen LogP contribution in [0.3, 0.4) is 0 Å². The standard InChI is InChI=1S/C23H27N5/c1-17-7-3-4-8-19(17)16-24-23-25-18(2)15-22(27-23)26-20-9-11-21(12-10-20)28-13-5-6-14-28/h3-4,7-12,15H,5-6,13-14,16H2,1-2H3,(H2,24,25,26,27). The van der Waals surface area contributed by atoms with E-state index in [1.54, 1.807) is 0 Å². The monoisotopic (exact) mass is 373 g/mol. The molecule has 2 N–H and O–H groups in total. The Labute approximate surface area is 166 Å². The van der Waals surface area contributed by atoms with E-state index in [9.17, 15) is 0 Å². The SMILES string of the molecule is Cc1cc(Nc2ccc(N3CCCC3)cc2)nc(NCc2ccccc2C)n1. The zero-order valence-electron chi connectivity index (χ0n) is 16.6. The quantitative estimate of drug-likeness (QED) is 0.633. The number of rotatable bonds is 6. The lowest BCUT2D eigenvalue weighted by Crippen LogP contribution is -2.17. The molecule has 4 rings (SSSR count). The molecule has 1 saturated heterocycles. The summed E-state index contributed by atoms with van der Waals surface area (Å²) in [5.41, 5.74) is 5.77. The van der Waals surface area contributed by atoms with E-state index in [1.165, 1.54) is 29.7 Å². The van der Waals surface area contributed by atoms with Gasteiger partial charge in [-0.3, -0.25) is 0 Å². The molecular weight excluding hydrogens is 346 g/mol. The summed E-state index contributed by atoms with van der Waals surface area (Å²) in [5, 5.41) is 6.75. The lowest BCUT2D eigenvalue weighted by atomic mass is 10.1. The lowest BCUT2D eigenvalue weighted by Gasteiger charge is -2.18. The van der Waals surface area contributed by atoms with Crippen LogP contribution < -0.4 is 15.5 Å². The predicted octanol–water partition coefficient (Wildman–Crippen LogP) is 5.05. The average Bonchev–Trinajstić information content (AvgIpc) is 3.22. The fraction of sp³-hybridized carbons (Fsp3) is 0.304. The Bertz CT molecular complexity index is 930. The van der Waals surface area contributed by atoms with Crippen molar-refractivity contribution >= 4 is 23.1 Å². The molecule has 0 atom stereocenters. The number of nitrogens with zero attached hydrogens (tertiary/aromatic N) is 3. The van der Waals surface area contributed by atoms with E-state index in [4.69, 9.17) is 0 Å². The number of hydrogen-bond donors (Lipinski definition) is 2. The summed E-state index contributed by atoms with van der Waals surface area (Å²) >= 11 is 0. The second kappa shape index (κ2) is 8.30. The van der Waals surface area contributed by atoms with Crippen LogP contribution in [-0.2, 0) is 6.54 Å². The highest BCUT2D eigenvalue weighted by Gasteiger charge is 2.12. The molecule has 5 nitrogen and oxygen atoms in total. The van der Waals surface area contributed by atoms with Crippen molar-refractivity contribution in [2.24, 2.45) is 0 Å². The molecule has 0 amide bonds. The van der Waals surface area contributed by atoms with Gasteiger partial charge in [-0.25, -0.2) is 4.98 Å². The van der Waals surface area contributed by atoms with Gasteiger partial charge in [0.25, 0.3) is 0 Å². The summed E-state index contributed by atoms with van der Waals surface area (Å²) in [6, 6.07) is 18.9. The number of aromatic nitrogens is 2. The largest absolute Gasteiger partial charge is 0.372 e. The Hall–Kier alpha value is -3.08.